The summed E-state index contributed by atoms with van der Waals surface area (Å²) < 4.78 is 2.92. The maximum absolute atomic E-state index is 8.25. The zero-order chi connectivity index (χ0) is 12.7. The van der Waals surface area contributed by atoms with Crippen molar-refractivity contribution in [3.63, 3.8) is 0 Å². The van der Waals surface area contributed by atoms with Crippen LogP contribution in [0.4, 0.5) is 0 Å². The van der Waals surface area contributed by atoms with Crippen LogP contribution in [0, 0.1) is 13.8 Å². The average molecular weight is 240 g/mol. The SMILES string of the molecule is C[O-].Cc1cc[c]([Al+][c]2ccc(C)cc2)cc1. The molecule has 1 nitrogen and oxygen atoms in total. The van der Waals surface area contributed by atoms with E-state index in [2.05, 4.69) is 62.4 Å². The van der Waals surface area contributed by atoms with Crippen LogP contribution < -0.4 is 14.0 Å². The van der Waals surface area contributed by atoms with Crippen LogP contribution in [-0.4, -0.2) is 22.3 Å². The Balaban J connectivity index is 0.000000686. The van der Waals surface area contributed by atoms with Gasteiger partial charge in [0, 0.05) is 0 Å². The second-order valence-electron chi connectivity index (χ2n) is 3.97. The van der Waals surface area contributed by atoms with Crippen LogP contribution in [0.5, 0.6) is 0 Å². The fourth-order valence-electron chi connectivity index (χ4n) is 1.52. The number of rotatable bonds is 2. The third-order valence-corrected chi connectivity index (χ3v) is 3.92. The number of hydrogen-bond acceptors (Lipinski definition) is 1. The number of hydrogen-bond donors (Lipinski definition) is 0. The Hall–Kier alpha value is -1.07. The Kier molecular flexibility index (Phi) is 6.01. The number of benzene rings is 2. The van der Waals surface area contributed by atoms with Crippen molar-refractivity contribution in [1.82, 2.24) is 0 Å². The average Bonchev–Trinajstić information content (AvgIpc) is 2.37. The second kappa shape index (κ2) is 7.30. The molecule has 0 radical (unpaired) electrons. The Morgan fingerprint density at radius 2 is 0.941 bits per heavy atom. The van der Waals surface area contributed by atoms with Gasteiger partial charge in [0.15, 0.2) is 0 Å². The topological polar surface area (TPSA) is 23.1 Å². The standard InChI is InChI=1S/2C7H7.CH3O.Al/c2*1-7-5-3-2-4-6-7;1-2;/h2*3-6H,1H3;1H3;/q;;-1;+1. The van der Waals surface area contributed by atoms with E-state index in [0.717, 1.165) is 7.11 Å². The Bertz CT molecular complexity index is 388. The molecule has 0 bridgehead atoms. The third kappa shape index (κ3) is 4.75. The molecule has 0 N–H and O–H groups in total. The van der Waals surface area contributed by atoms with Crippen molar-refractivity contribution in [1.29, 1.82) is 0 Å². The molecule has 0 aliphatic heterocycles. The molecule has 86 valence electrons. The molecule has 2 heteroatoms. The van der Waals surface area contributed by atoms with Crippen molar-refractivity contribution in [3.8, 4) is 0 Å². The van der Waals surface area contributed by atoms with Gasteiger partial charge < -0.3 is 5.11 Å². The van der Waals surface area contributed by atoms with Crippen molar-refractivity contribution in [3.05, 3.63) is 59.7 Å². The molecule has 2 aromatic carbocycles. The van der Waals surface area contributed by atoms with E-state index in [4.69, 9.17) is 5.11 Å². The molecule has 17 heavy (non-hydrogen) atoms. The van der Waals surface area contributed by atoms with Crippen molar-refractivity contribution >= 4 is 24.1 Å². The maximum atomic E-state index is 8.25. The van der Waals surface area contributed by atoms with Gasteiger partial charge in [-0.2, -0.15) is 7.11 Å². The van der Waals surface area contributed by atoms with Gasteiger partial charge in [-0.3, -0.25) is 0 Å². The second-order valence-corrected chi connectivity index (χ2v) is 5.59. The van der Waals surface area contributed by atoms with E-state index in [9.17, 15) is 0 Å². The van der Waals surface area contributed by atoms with Crippen LogP contribution in [0.2, 0.25) is 0 Å². The van der Waals surface area contributed by atoms with E-state index in [1.54, 1.807) is 0 Å². The van der Waals surface area contributed by atoms with Gasteiger partial charge in [-0.05, 0) is 0 Å². The first kappa shape index (κ1) is 14.0. The molecule has 0 unspecified atom stereocenters. The van der Waals surface area contributed by atoms with Gasteiger partial charge >= 0.3 is 97.6 Å². The molecule has 0 heterocycles. The zero-order valence-electron chi connectivity index (χ0n) is 10.6. The van der Waals surface area contributed by atoms with Gasteiger partial charge in [-0.1, -0.05) is 0 Å². The summed E-state index contributed by atoms with van der Waals surface area (Å²) in [5, 5.41) is 8.25. The number of aryl methyl sites for hydroxylation is 2. The quantitative estimate of drug-likeness (QED) is 0.716. The van der Waals surface area contributed by atoms with Gasteiger partial charge in [-0.15, -0.1) is 0 Å². The van der Waals surface area contributed by atoms with Crippen LogP contribution in [-0.2, 0) is 0 Å². The fourth-order valence-corrected chi connectivity index (χ4v) is 2.67. The van der Waals surface area contributed by atoms with Crippen LogP contribution in [0.3, 0.4) is 0 Å². The molecular formula is C15H17AlO. The molecule has 2 aromatic rings. The van der Waals surface area contributed by atoms with Crippen LogP contribution in [0.25, 0.3) is 0 Å². The predicted molar refractivity (Wildman–Crippen MR) is 73.3 cm³/mol. The summed E-state index contributed by atoms with van der Waals surface area (Å²) in [6, 6.07) is 17.7. The molecule has 0 saturated carbocycles. The van der Waals surface area contributed by atoms with E-state index in [0.29, 0.717) is 0 Å². The van der Waals surface area contributed by atoms with Gasteiger partial charge in [-0.25, -0.2) is 0 Å². The molecular weight excluding hydrogens is 223 g/mol. The summed E-state index contributed by atoms with van der Waals surface area (Å²) in [4.78, 5) is 0. The van der Waals surface area contributed by atoms with E-state index in [1.165, 1.54) is 20.0 Å². The zero-order valence-corrected chi connectivity index (χ0v) is 11.8. The minimum absolute atomic E-state index is 0.252. The first-order valence-corrected chi connectivity index (χ1v) is 6.78. The molecule has 0 spiro atoms. The molecule has 0 fully saturated rings. The minimum atomic E-state index is 0.252. The molecule has 0 aliphatic rings. The molecule has 0 amide bonds. The van der Waals surface area contributed by atoms with Crippen LogP contribution in [0.1, 0.15) is 11.1 Å². The van der Waals surface area contributed by atoms with Crippen molar-refractivity contribution in [2.24, 2.45) is 0 Å². The summed E-state index contributed by atoms with van der Waals surface area (Å²) in [6.45, 7) is 4.26. The van der Waals surface area contributed by atoms with E-state index < -0.39 is 0 Å². The van der Waals surface area contributed by atoms with Gasteiger partial charge in [0.05, 0.1) is 0 Å². The molecule has 0 atom stereocenters. The molecule has 2 rings (SSSR count). The fraction of sp³-hybridized carbons (Fsp3) is 0.200. The summed E-state index contributed by atoms with van der Waals surface area (Å²) in [7, 11) is 0.750. The van der Waals surface area contributed by atoms with Crippen molar-refractivity contribution in [2.45, 2.75) is 13.8 Å². The molecule has 0 saturated heterocycles. The van der Waals surface area contributed by atoms with Gasteiger partial charge in [0.1, 0.15) is 0 Å². The normalized spacial score (nSPS) is 8.94. The Morgan fingerprint density at radius 3 is 1.24 bits per heavy atom. The first-order chi connectivity index (χ1) is 8.24. The van der Waals surface area contributed by atoms with E-state index in [-0.39, 0.29) is 15.2 Å². The molecule has 0 aliphatic carbocycles. The summed E-state index contributed by atoms with van der Waals surface area (Å²) in [5.74, 6) is 0. The summed E-state index contributed by atoms with van der Waals surface area (Å²) in [6.07, 6.45) is 0. The third-order valence-electron chi connectivity index (χ3n) is 2.49. The predicted octanol–water partition coefficient (Wildman–Crippen LogP) is 0.935. The first-order valence-electron chi connectivity index (χ1n) is 5.63. The van der Waals surface area contributed by atoms with Gasteiger partial charge in [0.25, 0.3) is 0 Å². The Labute approximate surface area is 110 Å². The van der Waals surface area contributed by atoms with Crippen molar-refractivity contribution in [2.75, 3.05) is 7.11 Å². The van der Waals surface area contributed by atoms with Crippen LogP contribution in [0.15, 0.2) is 48.5 Å². The Morgan fingerprint density at radius 1 is 0.647 bits per heavy atom. The van der Waals surface area contributed by atoms with E-state index >= 15 is 0 Å². The van der Waals surface area contributed by atoms with E-state index in [1.807, 2.05) is 0 Å². The summed E-state index contributed by atoms with van der Waals surface area (Å²) in [5.41, 5.74) is 2.67. The summed E-state index contributed by atoms with van der Waals surface area (Å²) >= 11 is 0.252. The van der Waals surface area contributed by atoms with Gasteiger partial charge in [0.2, 0.25) is 0 Å². The van der Waals surface area contributed by atoms with Crippen LogP contribution >= 0.6 is 0 Å². The van der Waals surface area contributed by atoms with Crippen molar-refractivity contribution < 1.29 is 5.11 Å². The molecule has 0 aromatic heterocycles. The monoisotopic (exact) mass is 240 g/mol.